The molecule has 0 aliphatic carbocycles. The number of hydrogen-bond donors (Lipinski definition) is 1. The highest BCUT2D eigenvalue weighted by Gasteiger charge is 2.21. The van der Waals surface area contributed by atoms with Crippen LogP contribution in [0.5, 0.6) is 0 Å². The van der Waals surface area contributed by atoms with Crippen molar-refractivity contribution in [3.8, 4) is 0 Å². The third kappa shape index (κ3) is 3.69. The summed E-state index contributed by atoms with van der Waals surface area (Å²) in [5, 5.41) is 3.76. The Morgan fingerprint density at radius 2 is 1.86 bits per heavy atom. The quantitative estimate of drug-likeness (QED) is 0.913. The van der Waals surface area contributed by atoms with Crippen molar-refractivity contribution in [3.05, 3.63) is 66.0 Å². The fourth-order valence-corrected chi connectivity index (χ4v) is 3.11. The average Bonchev–Trinajstić information content (AvgIpc) is 2.95. The van der Waals surface area contributed by atoms with Crippen LogP contribution in [0.4, 0.5) is 0 Å². The first-order chi connectivity index (χ1) is 10.3. The summed E-state index contributed by atoms with van der Waals surface area (Å²) in [5.41, 5.74) is 2.60. The van der Waals surface area contributed by atoms with Crippen molar-refractivity contribution in [2.24, 2.45) is 5.92 Å². The van der Waals surface area contributed by atoms with Gasteiger partial charge in [0.1, 0.15) is 0 Å². The molecule has 0 amide bonds. The maximum absolute atomic E-state index is 4.13. The first-order valence-corrected chi connectivity index (χ1v) is 7.70. The molecule has 2 atom stereocenters. The monoisotopic (exact) mass is 281 g/mol. The molecule has 0 radical (unpaired) electrons. The van der Waals surface area contributed by atoms with Gasteiger partial charge in [0.05, 0.1) is 6.04 Å². The van der Waals surface area contributed by atoms with E-state index in [0.29, 0.717) is 0 Å². The van der Waals surface area contributed by atoms with Crippen molar-refractivity contribution >= 4 is 0 Å². The van der Waals surface area contributed by atoms with Gasteiger partial charge in [0.2, 0.25) is 0 Å². The SMILES string of the molecule is CN1CCC(CNC(c2ccccc2)c2ccncc2)C1. The molecule has 3 nitrogen and oxygen atoms in total. The standard InChI is InChI=1S/C18H23N3/c1-21-12-9-15(14-21)13-20-18(16-5-3-2-4-6-16)17-7-10-19-11-8-17/h2-8,10-11,15,18,20H,9,12-14H2,1H3. The maximum Gasteiger partial charge on any atom is 0.0577 e. The van der Waals surface area contributed by atoms with Gasteiger partial charge >= 0.3 is 0 Å². The summed E-state index contributed by atoms with van der Waals surface area (Å²) in [7, 11) is 2.21. The topological polar surface area (TPSA) is 28.2 Å². The fraction of sp³-hybridized carbons (Fsp3) is 0.389. The van der Waals surface area contributed by atoms with Gasteiger partial charge < -0.3 is 10.2 Å². The molecule has 0 spiro atoms. The molecule has 1 aromatic heterocycles. The van der Waals surface area contributed by atoms with Crippen molar-refractivity contribution in [1.82, 2.24) is 15.2 Å². The van der Waals surface area contributed by atoms with Crippen LogP contribution < -0.4 is 5.32 Å². The number of hydrogen-bond acceptors (Lipinski definition) is 3. The van der Waals surface area contributed by atoms with Crippen molar-refractivity contribution in [3.63, 3.8) is 0 Å². The molecule has 0 bridgehead atoms. The Balaban J connectivity index is 1.74. The molecule has 2 unspecified atom stereocenters. The zero-order valence-electron chi connectivity index (χ0n) is 12.6. The Kier molecular flexibility index (Phi) is 4.63. The van der Waals surface area contributed by atoms with Crippen molar-refractivity contribution in [2.75, 3.05) is 26.7 Å². The van der Waals surface area contributed by atoms with E-state index in [2.05, 4.69) is 64.7 Å². The number of rotatable bonds is 5. The first kappa shape index (κ1) is 14.2. The van der Waals surface area contributed by atoms with Crippen LogP contribution in [0.1, 0.15) is 23.6 Å². The van der Waals surface area contributed by atoms with E-state index >= 15 is 0 Å². The largest absolute Gasteiger partial charge is 0.306 e. The van der Waals surface area contributed by atoms with E-state index in [1.54, 1.807) is 0 Å². The van der Waals surface area contributed by atoms with E-state index in [0.717, 1.165) is 12.5 Å². The summed E-state index contributed by atoms with van der Waals surface area (Å²) in [4.78, 5) is 6.55. The predicted octanol–water partition coefficient (Wildman–Crippen LogP) is 2.71. The van der Waals surface area contributed by atoms with Crippen molar-refractivity contribution in [2.45, 2.75) is 12.5 Å². The van der Waals surface area contributed by atoms with Crippen molar-refractivity contribution in [1.29, 1.82) is 0 Å². The van der Waals surface area contributed by atoms with Crippen LogP contribution in [0.15, 0.2) is 54.9 Å². The second-order valence-electron chi connectivity index (χ2n) is 5.95. The number of aromatic nitrogens is 1. The number of benzene rings is 1. The van der Waals surface area contributed by atoms with Gasteiger partial charge in [0.25, 0.3) is 0 Å². The molecule has 3 rings (SSSR count). The number of likely N-dealkylation sites (tertiary alicyclic amines) is 1. The van der Waals surface area contributed by atoms with Gasteiger partial charge in [-0.1, -0.05) is 30.3 Å². The summed E-state index contributed by atoms with van der Waals surface area (Å²) >= 11 is 0. The highest BCUT2D eigenvalue weighted by atomic mass is 15.1. The summed E-state index contributed by atoms with van der Waals surface area (Å²) in [6.07, 6.45) is 5.04. The lowest BCUT2D eigenvalue weighted by Gasteiger charge is -2.22. The molecule has 110 valence electrons. The molecule has 2 heterocycles. The van der Waals surface area contributed by atoms with Crippen LogP contribution >= 0.6 is 0 Å². The molecule has 1 aliphatic heterocycles. The lowest BCUT2D eigenvalue weighted by molar-refractivity contribution is 0.384. The van der Waals surface area contributed by atoms with E-state index in [4.69, 9.17) is 0 Å². The van der Waals surface area contributed by atoms with Gasteiger partial charge in [-0.05, 0) is 49.2 Å². The Labute approximate surface area is 127 Å². The Morgan fingerprint density at radius 1 is 1.14 bits per heavy atom. The zero-order chi connectivity index (χ0) is 14.5. The summed E-state index contributed by atoms with van der Waals surface area (Å²) in [6.45, 7) is 3.48. The summed E-state index contributed by atoms with van der Waals surface area (Å²) in [6, 6.07) is 15.1. The molecule has 0 saturated carbocycles. The van der Waals surface area contributed by atoms with Gasteiger partial charge in [-0.3, -0.25) is 4.98 Å². The molecule has 3 heteroatoms. The van der Waals surface area contributed by atoms with Gasteiger partial charge in [-0.15, -0.1) is 0 Å². The smallest absolute Gasteiger partial charge is 0.0577 e. The minimum atomic E-state index is 0.250. The molecule has 1 saturated heterocycles. The van der Waals surface area contributed by atoms with E-state index in [1.807, 2.05) is 12.4 Å². The van der Waals surface area contributed by atoms with Crippen molar-refractivity contribution < 1.29 is 0 Å². The lowest BCUT2D eigenvalue weighted by atomic mass is 9.98. The second-order valence-corrected chi connectivity index (χ2v) is 5.95. The molecular formula is C18H23N3. The van der Waals surface area contributed by atoms with Crippen LogP contribution in [0.25, 0.3) is 0 Å². The molecule has 2 aromatic rings. The highest BCUT2D eigenvalue weighted by Crippen LogP contribution is 2.22. The zero-order valence-corrected chi connectivity index (χ0v) is 12.6. The Morgan fingerprint density at radius 3 is 2.52 bits per heavy atom. The summed E-state index contributed by atoms with van der Waals surface area (Å²) < 4.78 is 0. The number of nitrogens with one attached hydrogen (secondary N) is 1. The number of pyridine rings is 1. The van der Waals surface area contributed by atoms with Crippen LogP contribution in [0.2, 0.25) is 0 Å². The van der Waals surface area contributed by atoms with Crippen LogP contribution in [-0.2, 0) is 0 Å². The second kappa shape index (κ2) is 6.83. The molecular weight excluding hydrogens is 258 g/mol. The Bertz CT molecular complexity index is 501. The van der Waals surface area contributed by atoms with Crippen LogP contribution in [0.3, 0.4) is 0 Å². The van der Waals surface area contributed by atoms with Gasteiger partial charge in [-0.2, -0.15) is 0 Å². The van der Waals surface area contributed by atoms with Gasteiger partial charge in [-0.25, -0.2) is 0 Å². The molecule has 1 aliphatic rings. The van der Waals surface area contributed by atoms with E-state index < -0.39 is 0 Å². The number of nitrogens with zero attached hydrogens (tertiary/aromatic N) is 2. The third-order valence-electron chi connectivity index (χ3n) is 4.27. The minimum absolute atomic E-state index is 0.250. The maximum atomic E-state index is 4.13. The Hall–Kier alpha value is -1.71. The lowest BCUT2D eigenvalue weighted by Crippen LogP contribution is -2.29. The minimum Gasteiger partial charge on any atom is -0.306 e. The molecule has 1 fully saturated rings. The normalized spacial score (nSPS) is 20.5. The van der Waals surface area contributed by atoms with E-state index in [9.17, 15) is 0 Å². The van der Waals surface area contributed by atoms with E-state index in [-0.39, 0.29) is 6.04 Å². The van der Waals surface area contributed by atoms with Crippen LogP contribution in [0, 0.1) is 5.92 Å². The molecule has 1 N–H and O–H groups in total. The molecule has 21 heavy (non-hydrogen) atoms. The summed E-state index contributed by atoms with van der Waals surface area (Å²) in [5.74, 6) is 0.753. The molecule has 1 aromatic carbocycles. The third-order valence-corrected chi connectivity index (χ3v) is 4.27. The van der Waals surface area contributed by atoms with Gasteiger partial charge in [0.15, 0.2) is 0 Å². The first-order valence-electron chi connectivity index (χ1n) is 7.70. The highest BCUT2D eigenvalue weighted by molar-refractivity contribution is 5.30. The van der Waals surface area contributed by atoms with Gasteiger partial charge in [0, 0.05) is 25.5 Å². The average molecular weight is 281 g/mol. The fourth-order valence-electron chi connectivity index (χ4n) is 3.11. The van der Waals surface area contributed by atoms with Crippen LogP contribution in [-0.4, -0.2) is 36.6 Å². The van der Waals surface area contributed by atoms with E-state index in [1.165, 1.54) is 30.6 Å². The predicted molar refractivity (Wildman–Crippen MR) is 86.1 cm³/mol.